The van der Waals surface area contributed by atoms with Gasteiger partial charge in [0.2, 0.25) is 0 Å². The Morgan fingerprint density at radius 1 is 1.50 bits per heavy atom. The summed E-state index contributed by atoms with van der Waals surface area (Å²) in [5.74, 6) is -2.79. The van der Waals surface area contributed by atoms with E-state index in [2.05, 4.69) is 5.32 Å². The molecule has 1 rings (SSSR count). The zero-order chi connectivity index (χ0) is 12.1. The summed E-state index contributed by atoms with van der Waals surface area (Å²) < 4.78 is 26.4. The van der Waals surface area contributed by atoms with Gasteiger partial charge in [0.25, 0.3) is 5.91 Å². The highest BCUT2D eigenvalue weighted by molar-refractivity contribution is 5.95. The van der Waals surface area contributed by atoms with Crippen molar-refractivity contribution in [3.63, 3.8) is 0 Å². The zero-order valence-corrected chi connectivity index (χ0v) is 8.63. The number of carbonyl (C=O) groups excluding carboxylic acids is 1. The Labute approximate surface area is 91.7 Å². The smallest absolute Gasteiger partial charge is 0.258 e. The molecule has 0 heterocycles. The molecule has 0 bridgehead atoms. The highest BCUT2D eigenvalue weighted by atomic mass is 19.1. The van der Waals surface area contributed by atoms with Crippen LogP contribution in [0.5, 0.6) is 0 Å². The van der Waals surface area contributed by atoms with E-state index in [1.165, 1.54) is 6.07 Å². The minimum absolute atomic E-state index is 0.373. The molecule has 0 saturated carbocycles. The molecular weight excluding hydrogens is 214 g/mol. The molecule has 1 aromatic rings. The largest absolute Gasteiger partial charge is 0.336 e. The number of hydrogen-bond acceptors (Lipinski definition) is 2. The normalized spacial score (nSPS) is 11.6. The Morgan fingerprint density at radius 2 is 2.06 bits per heavy atom. The third kappa shape index (κ3) is 2.54. The van der Waals surface area contributed by atoms with Crippen LogP contribution in [0.2, 0.25) is 0 Å². The maximum atomic E-state index is 13.2. The van der Waals surface area contributed by atoms with Gasteiger partial charge in [-0.2, -0.15) is 5.26 Å². The van der Waals surface area contributed by atoms with Crippen molar-refractivity contribution >= 4 is 5.91 Å². The summed E-state index contributed by atoms with van der Waals surface area (Å²) in [5.41, 5.74) is -0.656. The van der Waals surface area contributed by atoms with E-state index in [1.54, 1.807) is 6.92 Å². The topological polar surface area (TPSA) is 52.9 Å². The van der Waals surface area contributed by atoms with Gasteiger partial charge in [0, 0.05) is 0 Å². The van der Waals surface area contributed by atoms with Gasteiger partial charge in [0.15, 0.2) is 0 Å². The van der Waals surface area contributed by atoms with Gasteiger partial charge in [0.05, 0.1) is 6.07 Å². The fourth-order valence-corrected chi connectivity index (χ4v) is 1.17. The molecule has 0 fully saturated rings. The number of benzene rings is 1. The van der Waals surface area contributed by atoms with Crippen molar-refractivity contribution in [1.82, 2.24) is 5.32 Å². The average Bonchev–Trinajstić information content (AvgIpc) is 2.25. The lowest BCUT2D eigenvalue weighted by Crippen LogP contribution is -2.34. The number of halogens is 2. The lowest BCUT2D eigenvalue weighted by atomic mass is 10.1. The average molecular weight is 224 g/mol. The summed E-state index contributed by atoms with van der Waals surface area (Å²) in [7, 11) is 0. The lowest BCUT2D eigenvalue weighted by Gasteiger charge is -2.10. The number of carbonyl (C=O) groups is 1. The van der Waals surface area contributed by atoms with Crippen LogP contribution >= 0.6 is 0 Å². The maximum absolute atomic E-state index is 13.2. The van der Waals surface area contributed by atoms with Gasteiger partial charge >= 0.3 is 0 Å². The Balaban J connectivity index is 2.94. The van der Waals surface area contributed by atoms with Gasteiger partial charge in [-0.15, -0.1) is 0 Å². The highest BCUT2D eigenvalue weighted by Gasteiger charge is 2.19. The first-order valence-electron chi connectivity index (χ1n) is 4.74. The van der Waals surface area contributed by atoms with Gasteiger partial charge in [-0.1, -0.05) is 13.0 Å². The van der Waals surface area contributed by atoms with E-state index in [1.807, 2.05) is 6.07 Å². The Morgan fingerprint density at radius 3 is 2.50 bits per heavy atom. The number of rotatable bonds is 3. The molecule has 1 atom stereocenters. The van der Waals surface area contributed by atoms with E-state index < -0.39 is 29.1 Å². The Bertz CT molecular complexity index is 420. The monoisotopic (exact) mass is 224 g/mol. The molecule has 1 aromatic carbocycles. The van der Waals surface area contributed by atoms with Gasteiger partial charge in [-0.25, -0.2) is 8.78 Å². The fraction of sp³-hybridized carbons (Fsp3) is 0.273. The first-order valence-corrected chi connectivity index (χ1v) is 4.74. The van der Waals surface area contributed by atoms with Gasteiger partial charge < -0.3 is 5.32 Å². The molecule has 0 aliphatic carbocycles. The van der Waals surface area contributed by atoms with Crippen LogP contribution in [0.15, 0.2) is 18.2 Å². The molecule has 0 saturated heterocycles. The second-order valence-corrected chi connectivity index (χ2v) is 3.16. The van der Waals surface area contributed by atoms with Crippen molar-refractivity contribution in [2.45, 2.75) is 19.4 Å². The molecule has 16 heavy (non-hydrogen) atoms. The second kappa shape index (κ2) is 5.21. The van der Waals surface area contributed by atoms with Crippen LogP contribution in [0.25, 0.3) is 0 Å². The van der Waals surface area contributed by atoms with Crippen LogP contribution < -0.4 is 5.32 Å². The predicted molar refractivity (Wildman–Crippen MR) is 53.5 cm³/mol. The molecule has 0 radical (unpaired) electrons. The fourth-order valence-electron chi connectivity index (χ4n) is 1.17. The molecule has 84 valence electrons. The summed E-state index contributed by atoms with van der Waals surface area (Å²) in [4.78, 5) is 11.5. The van der Waals surface area contributed by atoms with Crippen molar-refractivity contribution in [2.75, 3.05) is 0 Å². The van der Waals surface area contributed by atoms with Crippen molar-refractivity contribution in [2.24, 2.45) is 0 Å². The number of nitriles is 1. The summed E-state index contributed by atoms with van der Waals surface area (Å²) in [6.07, 6.45) is 0.373. The minimum atomic E-state index is -0.940. The summed E-state index contributed by atoms with van der Waals surface area (Å²) in [5, 5.41) is 10.8. The lowest BCUT2D eigenvalue weighted by molar-refractivity contribution is 0.0936. The van der Waals surface area contributed by atoms with Crippen LogP contribution in [-0.2, 0) is 0 Å². The van der Waals surface area contributed by atoms with Gasteiger partial charge in [-0.3, -0.25) is 4.79 Å². The maximum Gasteiger partial charge on any atom is 0.258 e. The van der Waals surface area contributed by atoms with Crippen molar-refractivity contribution in [1.29, 1.82) is 5.26 Å². The Kier molecular flexibility index (Phi) is 3.95. The predicted octanol–water partition coefficient (Wildman–Crippen LogP) is 2.00. The second-order valence-electron chi connectivity index (χ2n) is 3.16. The molecule has 0 aliphatic rings. The SMILES string of the molecule is CCC(C#N)NC(=O)c1c(F)cccc1F. The zero-order valence-electron chi connectivity index (χ0n) is 8.63. The third-order valence-electron chi connectivity index (χ3n) is 2.06. The number of nitrogens with zero attached hydrogens (tertiary/aromatic N) is 1. The van der Waals surface area contributed by atoms with Crippen LogP contribution in [0.4, 0.5) is 8.78 Å². The van der Waals surface area contributed by atoms with E-state index in [0.717, 1.165) is 12.1 Å². The van der Waals surface area contributed by atoms with Gasteiger partial charge in [0.1, 0.15) is 23.2 Å². The molecule has 1 unspecified atom stereocenters. The van der Waals surface area contributed by atoms with Crippen LogP contribution in [-0.4, -0.2) is 11.9 Å². The Hall–Kier alpha value is -1.96. The van der Waals surface area contributed by atoms with Crippen LogP contribution in [0, 0.1) is 23.0 Å². The van der Waals surface area contributed by atoms with Crippen LogP contribution in [0.3, 0.4) is 0 Å². The molecular formula is C11H10F2N2O. The summed E-state index contributed by atoms with van der Waals surface area (Å²) in [6, 6.07) is 4.22. The summed E-state index contributed by atoms with van der Waals surface area (Å²) in [6.45, 7) is 1.69. The number of amides is 1. The van der Waals surface area contributed by atoms with Crippen LogP contribution in [0.1, 0.15) is 23.7 Å². The first-order chi connectivity index (χ1) is 7.60. The molecule has 0 aromatic heterocycles. The van der Waals surface area contributed by atoms with E-state index in [4.69, 9.17) is 5.26 Å². The number of hydrogen-bond donors (Lipinski definition) is 1. The van der Waals surface area contributed by atoms with E-state index >= 15 is 0 Å². The molecule has 3 nitrogen and oxygen atoms in total. The standard InChI is InChI=1S/C11H10F2N2O/c1-2-7(6-14)15-11(16)10-8(12)4-3-5-9(10)13/h3-5,7H,2H2,1H3,(H,15,16). The molecule has 5 heteroatoms. The molecule has 0 spiro atoms. The molecule has 1 amide bonds. The summed E-state index contributed by atoms with van der Waals surface area (Å²) >= 11 is 0. The third-order valence-corrected chi connectivity index (χ3v) is 2.06. The van der Waals surface area contributed by atoms with E-state index in [-0.39, 0.29) is 0 Å². The molecule has 1 N–H and O–H groups in total. The minimum Gasteiger partial charge on any atom is -0.336 e. The van der Waals surface area contributed by atoms with Crippen molar-refractivity contribution in [3.8, 4) is 6.07 Å². The molecule has 0 aliphatic heterocycles. The quantitative estimate of drug-likeness (QED) is 0.853. The van der Waals surface area contributed by atoms with E-state index in [0.29, 0.717) is 6.42 Å². The first kappa shape index (κ1) is 12.1. The van der Waals surface area contributed by atoms with E-state index in [9.17, 15) is 13.6 Å². The number of nitrogens with one attached hydrogen (secondary N) is 1. The highest BCUT2D eigenvalue weighted by Crippen LogP contribution is 2.12. The van der Waals surface area contributed by atoms with Gasteiger partial charge in [-0.05, 0) is 18.6 Å². The van der Waals surface area contributed by atoms with Crippen molar-refractivity contribution in [3.05, 3.63) is 35.4 Å². The van der Waals surface area contributed by atoms with Crippen molar-refractivity contribution < 1.29 is 13.6 Å².